The van der Waals surface area contributed by atoms with E-state index in [0.29, 0.717) is 16.8 Å². The summed E-state index contributed by atoms with van der Waals surface area (Å²) in [6.07, 6.45) is 1.64. The average molecular weight is 225 g/mol. The molecule has 0 aliphatic rings. The van der Waals surface area contributed by atoms with Crippen LogP contribution in [-0.4, -0.2) is 18.3 Å². The molecule has 0 rings (SSSR count). The van der Waals surface area contributed by atoms with Crippen molar-refractivity contribution in [2.75, 3.05) is 12.4 Å². The molecule has 0 saturated heterocycles. The molecule has 0 radical (unpaired) electrons. The topological polar surface area (TPSA) is 26.3 Å². The predicted molar refractivity (Wildman–Crippen MR) is 47.5 cm³/mol. The molecule has 0 N–H and O–H groups in total. The average Bonchev–Trinajstić information content (AvgIpc) is 1.89. The zero-order chi connectivity index (χ0) is 7.98. The first-order valence-electron chi connectivity index (χ1n) is 2.86. The summed E-state index contributed by atoms with van der Waals surface area (Å²) in [5.41, 5.74) is 0. The monoisotopic (exact) mass is 224 g/mol. The molecule has 0 aromatic rings. The highest BCUT2D eigenvalue weighted by Crippen LogP contribution is 2.06. The van der Waals surface area contributed by atoms with Crippen LogP contribution < -0.4 is 0 Å². The molecule has 58 valence electrons. The first-order valence-corrected chi connectivity index (χ1v) is 4.28. The van der Waals surface area contributed by atoms with E-state index in [1.165, 1.54) is 0 Å². The molecule has 0 saturated carbocycles. The van der Waals surface area contributed by atoms with Gasteiger partial charge in [0.1, 0.15) is 0 Å². The first-order chi connectivity index (χ1) is 4.72. The van der Waals surface area contributed by atoms with Crippen LogP contribution in [0.25, 0.3) is 0 Å². The van der Waals surface area contributed by atoms with Gasteiger partial charge in [0.25, 0.3) is 0 Å². The van der Waals surface area contributed by atoms with Crippen molar-refractivity contribution in [2.45, 2.75) is 6.92 Å². The van der Waals surface area contributed by atoms with E-state index < -0.39 is 0 Å². The van der Waals surface area contributed by atoms with Crippen LogP contribution in [-0.2, 0) is 9.53 Å². The zero-order valence-corrected chi connectivity index (χ0v) is 8.11. The number of rotatable bonds is 3. The summed E-state index contributed by atoms with van der Waals surface area (Å²) in [6.45, 7) is 2.16. The van der Waals surface area contributed by atoms with E-state index in [4.69, 9.17) is 0 Å². The van der Waals surface area contributed by atoms with Gasteiger partial charge in [-0.3, -0.25) is 0 Å². The van der Waals surface area contributed by atoms with Crippen molar-refractivity contribution >= 4 is 34.5 Å². The minimum atomic E-state index is -0.337. The van der Waals surface area contributed by atoms with Gasteiger partial charge in [0, 0.05) is 5.75 Å². The van der Waals surface area contributed by atoms with Crippen LogP contribution in [0.15, 0.2) is 10.6 Å². The number of halogens is 1. The maximum absolute atomic E-state index is 10.8. The third-order valence-electron chi connectivity index (χ3n) is 0.741. The van der Waals surface area contributed by atoms with Gasteiger partial charge < -0.3 is 4.74 Å². The number of hydrogen-bond donors (Lipinski definition) is 1. The molecule has 0 unspecified atom stereocenters. The Morgan fingerprint density at radius 2 is 2.40 bits per heavy atom. The van der Waals surface area contributed by atoms with E-state index in [1.54, 1.807) is 13.0 Å². The summed E-state index contributed by atoms with van der Waals surface area (Å²) < 4.78 is 5.10. The lowest BCUT2D eigenvalue weighted by Crippen LogP contribution is -2.03. The van der Waals surface area contributed by atoms with Crippen LogP contribution in [0.1, 0.15) is 6.92 Å². The van der Waals surface area contributed by atoms with Gasteiger partial charge >= 0.3 is 5.97 Å². The van der Waals surface area contributed by atoms with Crippen molar-refractivity contribution in [3.63, 3.8) is 0 Å². The van der Waals surface area contributed by atoms with Gasteiger partial charge in [-0.05, 0) is 22.9 Å². The summed E-state index contributed by atoms with van der Waals surface area (Å²) in [7, 11) is 0. The highest BCUT2D eigenvalue weighted by atomic mass is 79.9. The number of hydrogen-bond acceptors (Lipinski definition) is 3. The molecule has 0 spiro atoms. The Kier molecular flexibility index (Phi) is 5.82. The summed E-state index contributed by atoms with van der Waals surface area (Å²) in [5.74, 6) is 0.191. The van der Waals surface area contributed by atoms with Crippen LogP contribution in [0, 0.1) is 0 Å². The Labute approximate surface area is 74.2 Å². The van der Waals surface area contributed by atoms with Crippen molar-refractivity contribution in [1.82, 2.24) is 0 Å². The second-order valence-corrected chi connectivity index (χ2v) is 2.67. The van der Waals surface area contributed by atoms with Crippen LogP contribution >= 0.6 is 28.6 Å². The zero-order valence-electron chi connectivity index (χ0n) is 5.63. The smallest absolute Gasteiger partial charge is 0.344 e. The second-order valence-electron chi connectivity index (χ2n) is 1.46. The number of thiol groups is 1. The molecule has 2 nitrogen and oxygen atoms in total. The van der Waals surface area contributed by atoms with Crippen molar-refractivity contribution in [1.29, 1.82) is 0 Å². The largest absolute Gasteiger partial charge is 0.462 e. The first kappa shape index (κ1) is 10.0. The number of carbonyl (C=O) groups is 1. The Hall–Kier alpha value is 0.0400. The molecular formula is C6H9BrO2S. The van der Waals surface area contributed by atoms with Crippen molar-refractivity contribution in [3.8, 4) is 0 Å². The van der Waals surface area contributed by atoms with E-state index in [0.717, 1.165) is 0 Å². The van der Waals surface area contributed by atoms with E-state index >= 15 is 0 Å². The lowest BCUT2D eigenvalue weighted by Gasteiger charge is -1.97. The van der Waals surface area contributed by atoms with Crippen LogP contribution in [0.5, 0.6) is 0 Å². The van der Waals surface area contributed by atoms with Gasteiger partial charge in [0.15, 0.2) is 0 Å². The van der Waals surface area contributed by atoms with Gasteiger partial charge in [-0.15, -0.1) is 0 Å². The molecule has 0 atom stereocenters. The van der Waals surface area contributed by atoms with E-state index in [-0.39, 0.29) is 5.97 Å². The fourth-order valence-corrected chi connectivity index (χ4v) is 1.07. The highest BCUT2D eigenvalue weighted by molar-refractivity contribution is 9.12. The lowest BCUT2D eigenvalue weighted by atomic mass is 10.5. The molecule has 0 aliphatic carbocycles. The standard InChI is InChI=1S/C6H9BrO2S/c1-2-9-6(8)5(7)3-4-10/h3,10H,2,4H2,1H3/b5-3+. The number of carbonyl (C=O) groups excluding carboxylic acids is 1. The maximum atomic E-state index is 10.8. The van der Waals surface area contributed by atoms with Crippen molar-refractivity contribution in [3.05, 3.63) is 10.6 Å². The molecule has 0 bridgehead atoms. The minimum Gasteiger partial charge on any atom is -0.462 e. The lowest BCUT2D eigenvalue weighted by molar-refractivity contribution is -0.137. The molecule has 0 amide bonds. The number of ether oxygens (including phenoxy) is 1. The molecular weight excluding hydrogens is 216 g/mol. The maximum Gasteiger partial charge on any atom is 0.344 e. The Morgan fingerprint density at radius 1 is 1.80 bits per heavy atom. The Bertz CT molecular complexity index is 145. The van der Waals surface area contributed by atoms with Gasteiger partial charge in [0.05, 0.1) is 11.1 Å². The van der Waals surface area contributed by atoms with Crippen LogP contribution in [0.3, 0.4) is 0 Å². The molecule has 10 heavy (non-hydrogen) atoms. The SMILES string of the molecule is CCOC(=O)/C(Br)=C\CS. The van der Waals surface area contributed by atoms with Gasteiger partial charge in [-0.25, -0.2) is 4.79 Å². The van der Waals surface area contributed by atoms with Gasteiger partial charge in [-0.2, -0.15) is 12.6 Å². The number of esters is 1. The summed E-state index contributed by atoms with van der Waals surface area (Å²) in [5, 5.41) is 0. The fourth-order valence-electron chi connectivity index (χ4n) is 0.364. The molecule has 0 aliphatic heterocycles. The molecule has 0 fully saturated rings. The molecule has 0 aromatic heterocycles. The van der Waals surface area contributed by atoms with Crippen molar-refractivity contribution in [2.24, 2.45) is 0 Å². The second kappa shape index (κ2) is 5.80. The van der Waals surface area contributed by atoms with E-state index in [9.17, 15) is 4.79 Å². The van der Waals surface area contributed by atoms with Crippen molar-refractivity contribution < 1.29 is 9.53 Å². The summed E-state index contributed by atoms with van der Waals surface area (Å²) in [4.78, 5) is 10.8. The Morgan fingerprint density at radius 3 is 2.80 bits per heavy atom. The van der Waals surface area contributed by atoms with Gasteiger partial charge in [0.2, 0.25) is 0 Å². The van der Waals surface area contributed by atoms with E-state index in [2.05, 4.69) is 33.3 Å². The molecule has 4 heteroatoms. The third-order valence-corrected chi connectivity index (χ3v) is 1.57. The minimum absolute atomic E-state index is 0.337. The van der Waals surface area contributed by atoms with Crippen LogP contribution in [0.4, 0.5) is 0 Å². The van der Waals surface area contributed by atoms with Crippen LogP contribution in [0.2, 0.25) is 0 Å². The molecule has 0 heterocycles. The quantitative estimate of drug-likeness (QED) is 0.450. The fraction of sp³-hybridized carbons (Fsp3) is 0.500. The normalized spacial score (nSPS) is 11.3. The Balaban J connectivity index is 3.82. The predicted octanol–water partition coefficient (Wildman–Crippen LogP) is 1.76. The summed E-state index contributed by atoms with van der Waals surface area (Å²) in [6, 6.07) is 0. The van der Waals surface area contributed by atoms with E-state index in [1.807, 2.05) is 0 Å². The molecule has 0 aromatic carbocycles. The third kappa shape index (κ3) is 3.95. The van der Waals surface area contributed by atoms with Gasteiger partial charge in [-0.1, -0.05) is 6.08 Å². The summed E-state index contributed by atoms with van der Waals surface area (Å²) >= 11 is 6.95. The highest BCUT2D eigenvalue weighted by Gasteiger charge is 2.03.